The van der Waals surface area contributed by atoms with Gasteiger partial charge in [0.2, 0.25) is 5.71 Å². The Bertz CT molecular complexity index is 442. The average molecular weight is 287 g/mol. The quantitative estimate of drug-likeness (QED) is 0.399. The molecule has 4 unspecified atom stereocenters. The van der Waals surface area contributed by atoms with Crippen molar-refractivity contribution in [2.45, 2.75) is 63.9 Å². The maximum atomic E-state index is 11.9. The van der Waals surface area contributed by atoms with Crippen LogP contribution in [0.15, 0.2) is 0 Å². The second kappa shape index (κ2) is 4.38. The van der Waals surface area contributed by atoms with Crippen LogP contribution in [0.1, 0.15) is 27.7 Å². The molecule has 7 heteroatoms. The van der Waals surface area contributed by atoms with E-state index >= 15 is 0 Å². The van der Waals surface area contributed by atoms with Gasteiger partial charge in [0.25, 0.3) is 0 Å². The SMILES string of the molecule is C/[N+]([O-])=C1\C(C2COC(C)(C)O2)OC2OC(C)(C)OC12. The minimum Gasteiger partial charge on any atom is -0.624 e. The van der Waals surface area contributed by atoms with E-state index in [0.29, 0.717) is 12.3 Å². The first kappa shape index (κ1) is 14.2. The number of nitrogens with zero attached hydrogens (tertiary/aromatic N) is 1. The van der Waals surface area contributed by atoms with Gasteiger partial charge in [-0.3, -0.25) is 0 Å². The van der Waals surface area contributed by atoms with E-state index in [4.69, 9.17) is 23.7 Å². The summed E-state index contributed by atoms with van der Waals surface area (Å²) in [5.41, 5.74) is 0.492. The van der Waals surface area contributed by atoms with Crippen LogP contribution in [0.5, 0.6) is 0 Å². The second-order valence-corrected chi connectivity index (χ2v) is 6.27. The lowest BCUT2D eigenvalue weighted by Gasteiger charge is -2.23. The van der Waals surface area contributed by atoms with Crippen LogP contribution in [-0.2, 0) is 23.7 Å². The summed E-state index contributed by atoms with van der Waals surface area (Å²) < 4.78 is 29.4. The Morgan fingerprint density at radius 1 is 1.05 bits per heavy atom. The van der Waals surface area contributed by atoms with Crippen molar-refractivity contribution in [2.24, 2.45) is 0 Å². The molecule has 114 valence electrons. The van der Waals surface area contributed by atoms with Gasteiger partial charge in [-0.15, -0.1) is 0 Å². The molecule has 0 spiro atoms. The zero-order valence-electron chi connectivity index (χ0n) is 12.4. The molecular weight excluding hydrogens is 266 g/mol. The topological polar surface area (TPSA) is 72.2 Å². The van der Waals surface area contributed by atoms with Crippen LogP contribution in [0.4, 0.5) is 0 Å². The van der Waals surface area contributed by atoms with E-state index in [-0.39, 0.29) is 6.10 Å². The van der Waals surface area contributed by atoms with Gasteiger partial charge in [0.15, 0.2) is 30.1 Å². The Kier molecular flexibility index (Phi) is 3.11. The summed E-state index contributed by atoms with van der Waals surface area (Å²) in [6, 6.07) is 0. The van der Waals surface area contributed by atoms with Gasteiger partial charge in [-0.2, -0.15) is 0 Å². The molecule has 3 rings (SSSR count). The minimum absolute atomic E-state index is 0.336. The van der Waals surface area contributed by atoms with Crippen LogP contribution >= 0.6 is 0 Å². The lowest BCUT2D eigenvalue weighted by atomic mass is 10.1. The number of rotatable bonds is 1. The molecular formula is C13H21NO6. The van der Waals surface area contributed by atoms with Gasteiger partial charge in [-0.25, -0.2) is 4.74 Å². The van der Waals surface area contributed by atoms with Crippen LogP contribution < -0.4 is 0 Å². The van der Waals surface area contributed by atoms with Gasteiger partial charge in [-0.05, 0) is 27.7 Å². The molecule has 0 saturated carbocycles. The highest BCUT2D eigenvalue weighted by Gasteiger charge is 2.59. The zero-order chi connectivity index (χ0) is 14.7. The molecule has 7 nitrogen and oxygen atoms in total. The van der Waals surface area contributed by atoms with E-state index in [1.807, 2.05) is 13.8 Å². The molecule has 0 aromatic carbocycles. The molecule has 3 heterocycles. The number of hydrogen-bond donors (Lipinski definition) is 0. The van der Waals surface area contributed by atoms with E-state index in [0.717, 1.165) is 4.74 Å². The number of ether oxygens (including phenoxy) is 5. The van der Waals surface area contributed by atoms with E-state index in [9.17, 15) is 5.21 Å². The van der Waals surface area contributed by atoms with Gasteiger partial charge in [0.05, 0.1) is 6.61 Å². The third-order valence-corrected chi connectivity index (χ3v) is 3.65. The van der Waals surface area contributed by atoms with E-state index < -0.39 is 30.1 Å². The van der Waals surface area contributed by atoms with E-state index in [1.54, 1.807) is 13.8 Å². The lowest BCUT2D eigenvalue weighted by molar-refractivity contribution is -0.429. The molecule has 3 saturated heterocycles. The lowest BCUT2D eigenvalue weighted by Crippen LogP contribution is -2.42. The van der Waals surface area contributed by atoms with Crippen molar-refractivity contribution in [3.05, 3.63) is 5.21 Å². The van der Waals surface area contributed by atoms with Crippen molar-refractivity contribution in [3.8, 4) is 0 Å². The third-order valence-electron chi connectivity index (χ3n) is 3.65. The Morgan fingerprint density at radius 3 is 2.30 bits per heavy atom. The van der Waals surface area contributed by atoms with Crippen LogP contribution in [0.3, 0.4) is 0 Å². The highest BCUT2D eigenvalue weighted by atomic mass is 16.8. The number of hydrogen-bond acceptors (Lipinski definition) is 6. The first-order valence-corrected chi connectivity index (χ1v) is 6.79. The molecule has 20 heavy (non-hydrogen) atoms. The van der Waals surface area contributed by atoms with Crippen LogP contribution in [0.25, 0.3) is 0 Å². The third kappa shape index (κ3) is 2.33. The molecule has 3 aliphatic heterocycles. The second-order valence-electron chi connectivity index (χ2n) is 6.27. The molecule has 0 bridgehead atoms. The molecule has 0 amide bonds. The van der Waals surface area contributed by atoms with Crippen molar-refractivity contribution in [1.29, 1.82) is 0 Å². The summed E-state index contributed by atoms with van der Waals surface area (Å²) >= 11 is 0. The van der Waals surface area contributed by atoms with Gasteiger partial charge in [0.1, 0.15) is 13.2 Å². The molecule has 4 atom stereocenters. The summed E-state index contributed by atoms with van der Waals surface area (Å²) in [5, 5.41) is 11.9. The van der Waals surface area contributed by atoms with Crippen molar-refractivity contribution >= 4 is 5.71 Å². The van der Waals surface area contributed by atoms with Gasteiger partial charge in [0, 0.05) is 0 Å². The fourth-order valence-electron chi connectivity index (χ4n) is 2.91. The molecule has 0 aliphatic carbocycles. The van der Waals surface area contributed by atoms with Gasteiger partial charge >= 0.3 is 0 Å². The van der Waals surface area contributed by atoms with Gasteiger partial charge < -0.3 is 28.9 Å². The van der Waals surface area contributed by atoms with Crippen LogP contribution in [0.2, 0.25) is 0 Å². The largest absolute Gasteiger partial charge is 0.624 e. The minimum atomic E-state index is -0.756. The van der Waals surface area contributed by atoms with Crippen molar-refractivity contribution in [2.75, 3.05) is 13.7 Å². The van der Waals surface area contributed by atoms with Crippen molar-refractivity contribution in [3.63, 3.8) is 0 Å². The number of hydroxylamine groups is 1. The molecule has 3 fully saturated rings. The fraction of sp³-hybridized carbons (Fsp3) is 0.923. The standard InChI is InChI=1S/C13H21NO6/c1-12(2)16-6-7(18-12)9-8(14(5)15)10-11(17-9)20-13(3,4)19-10/h7,9-11H,6H2,1-5H3/b14-8-. The summed E-state index contributed by atoms with van der Waals surface area (Å²) in [7, 11) is 1.43. The molecule has 0 radical (unpaired) electrons. The summed E-state index contributed by atoms with van der Waals surface area (Å²) in [6.07, 6.45) is -1.92. The first-order chi connectivity index (χ1) is 9.19. The van der Waals surface area contributed by atoms with Crippen molar-refractivity contribution in [1.82, 2.24) is 0 Å². The normalized spacial score (nSPS) is 44.6. The Hall–Kier alpha value is -0.730. The summed E-state index contributed by atoms with van der Waals surface area (Å²) in [5.74, 6) is -1.42. The maximum absolute atomic E-state index is 11.9. The first-order valence-electron chi connectivity index (χ1n) is 6.79. The predicted molar refractivity (Wildman–Crippen MR) is 68.2 cm³/mol. The maximum Gasteiger partial charge on any atom is 0.229 e. The smallest absolute Gasteiger partial charge is 0.229 e. The van der Waals surface area contributed by atoms with E-state index in [2.05, 4.69) is 0 Å². The van der Waals surface area contributed by atoms with Crippen LogP contribution in [-0.4, -0.2) is 60.3 Å². The summed E-state index contributed by atoms with van der Waals surface area (Å²) in [6.45, 7) is 7.63. The molecule has 0 aromatic heterocycles. The Morgan fingerprint density at radius 2 is 1.75 bits per heavy atom. The zero-order valence-corrected chi connectivity index (χ0v) is 12.4. The Labute approximate surface area is 118 Å². The van der Waals surface area contributed by atoms with Crippen molar-refractivity contribution < 1.29 is 28.4 Å². The highest BCUT2D eigenvalue weighted by Crippen LogP contribution is 2.38. The molecule has 0 N–H and O–H groups in total. The number of fused-ring (bicyclic) bond motifs is 1. The average Bonchev–Trinajstić information content (AvgIpc) is 2.86. The molecule has 0 aromatic rings. The predicted octanol–water partition coefficient (Wildman–Crippen LogP) is 0.595. The highest BCUT2D eigenvalue weighted by molar-refractivity contribution is 5.91. The van der Waals surface area contributed by atoms with Crippen LogP contribution in [0, 0.1) is 5.21 Å². The Balaban J connectivity index is 1.83. The van der Waals surface area contributed by atoms with E-state index in [1.165, 1.54) is 7.05 Å². The monoisotopic (exact) mass is 287 g/mol. The summed E-state index contributed by atoms with van der Waals surface area (Å²) in [4.78, 5) is 0. The fourth-order valence-corrected chi connectivity index (χ4v) is 2.91. The van der Waals surface area contributed by atoms with Gasteiger partial charge in [-0.1, -0.05) is 0 Å². The molecule has 3 aliphatic rings.